The van der Waals surface area contributed by atoms with Crippen molar-refractivity contribution in [3.63, 3.8) is 0 Å². The summed E-state index contributed by atoms with van der Waals surface area (Å²) in [6.07, 6.45) is 1.62. The topological polar surface area (TPSA) is 87.6 Å². The Morgan fingerprint density at radius 2 is 2.33 bits per heavy atom. The van der Waals surface area contributed by atoms with Gasteiger partial charge in [-0.1, -0.05) is 0 Å². The Bertz CT molecular complexity index is 456. The molecule has 2 rings (SSSR count). The molecule has 2 aromatic heterocycles. The lowest BCUT2D eigenvalue weighted by Crippen LogP contribution is -2.00. The fourth-order valence-corrected chi connectivity index (χ4v) is 1.16. The van der Waals surface area contributed by atoms with Crippen molar-refractivity contribution in [2.24, 2.45) is 5.73 Å². The van der Waals surface area contributed by atoms with Crippen molar-refractivity contribution in [2.75, 3.05) is 0 Å². The zero-order chi connectivity index (χ0) is 8.55. The standard InChI is InChI=1S/C7H8N4O/c8-3-4-1-2-9-6-5(4)10-7(12)11-6/h1-2H,3,8H2,(H2,9,10,11,12). The number of H-pyrrole nitrogens is 2. The maximum absolute atomic E-state index is 10.9. The summed E-state index contributed by atoms with van der Waals surface area (Å²) in [4.78, 5) is 20.0. The number of fused-ring (bicyclic) bond motifs is 1. The lowest BCUT2D eigenvalue weighted by molar-refractivity contribution is 1.07. The van der Waals surface area contributed by atoms with Gasteiger partial charge in [-0.2, -0.15) is 0 Å². The highest BCUT2D eigenvalue weighted by molar-refractivity contribution is 5.73. The predicted molar refractivity (Wildman–Crippen MR) is 44.6 cm³/mol. The number of nitrogens with zero attached hydrogens (tertiary/aromatic N) is 1. The van der Waals surface area contributed by atoms with Crippen LogP contribution in [-0.2, 0) is 6.54 Å². The summed E-state index contributed by atoms with van der Waals surface area (Å²) in [6, 6.07) is 1.78. The van der Waals surface area contributed by atoms with Gasteiger partial charge in [-0.05, 0) is 11.6 Å². The van der Waals surface area contributed by atoms with Crippen LogP contribution in [0.25, 0.3) is 11.2 Å². The first-order valence-corrected chi connectivity index (χ1v) is 3.57. The Hall–Kier alpha value is -1.62. The summed E-state index contributed by atoms with van der Waals surface area (Å²) in [5, 5.41) is 0. The van der Waals surface area contributed by atoms with Gasteiger partial charge >= 0.3 is 5.69 Å². The van der Waals surface area contributed by atoms with Gasteiger partial charge in [0.1, 0.15) is 0 Å². The number of hydrogen-bond donors (Lipinski definition) is 3. The van der Waals surface area contributed by atoms with Crippen molar-refractivity contribution in [3.05, 3.63) is 28.3 Å². The van der Waals surface area contributed by atoms with E-state index < -0.39 is 0 Å². The molecule has 0 bridgehead atoms. The molecule has 0 aliphatic rings. The molecule has 5 nitrogen and oxygen atoms in total. The van der Waals surface area contributed by atoms with E-state index in [4.69, 9.17) is 5.73 Å². The van der Waals surface area contributed by atoms with Crippen LogP contribution < -0.4 is 11.4 Å². The first-order valence-electron chi connectivity index (χ1n) is 3.57. The van der Waals surface area contributed by atoms with Crippen LogP contribution in [0.3, 0.4) is 0 Å². The molecule has 0 saturated heterocycles. The Morgan fingerprint density at radius 1 is 1.50 bits per heavy atom. The SMILES string of the molecule is NCc1ccnc2[nH]c(=O)[nH]c12. The number of nitrogens with one attached hydrogen (secondary N) is 2. The third-order valence-corrected chi connectivity index (χ3v) is 1.73. The number of pyridine rings is 1. The Balaban J connectivity index is 2.87. The molecule has 0 fully saturated rings. The van der Waals surface area contributed by atoms with Gasteiger partial charge in [0, 0.05) is 12.7 Å². The van der Waals surface area contributed by atoms with Crippen LogP contribution in [0.4, 0.5) is 0 Å². The molecule has 0 saturated carbocycles. The Kier molecular flexibility index (Phi) is 1.44. The molecule has 0 spiro atoms. The molecule has 0 aliphatic heterocycles. The minimum atomic E-state index is -0.251. The van der Waals surface area contributed by atoms with Crippen molar-refractivity contribution >= 4 is 11.2 Å². The largest absolute Gasteiger partial charge is 0.326 e. The van der Waals surface area contributed by atoms with Crippen LogP contribution in [-0.4, -0.2) is 15.0 Å². The number of aromatic nitrogens is 3. The highest BCUT2D eigenvalue weighted by Gasteiger charge is 2.02. The number of aromatic amines is 2. The summed E-state index contributed by atoms with van der Waals surface area (Å²) in [6.45, 7) is 0.396. The van der Waals surface area contributed by atoms with Gasteiger partial charge in [-0.25, -0.2) is 9.78 Å². The summed E-state index contributed by atoms with van der Waals surface area (Å²) in [5.74, 6) is 0. The molecule has 0 atom stereocenters. The van der Waals surface area contributed by atoms with Crippen LogP contribution in [0.5, 0.6) is 0 Å². The van der Waals surface area contributed by atoms with Gasteiger partial charge in [0.25, 0.3) is 0 Å². The molecule has 2 aromatic rings. The third-order valence-electron chi connectivity index (χ3n) is 1.73. The molecule has 4 N–H and O–H groups in total. The van der Waals surface area contributed by atoms with Gasteiger partial charge in [0.2, 0.25) is 0 Å². The van der Waals surface area contributed by atoms with Gasteiger partial charge in [0.05, 0.1) is 5.52 Å². The average Bonchev–Trinajstić information content (AvgIpc) is 2.44. The number of hydrogen-bond acceptors (Lipinski definition) is 3. The maximum atomic E-state index is 10.9. The van der Waals surface area contributed by atoms with Crippen molar-refractivity contribution < 1.29 is 0 Å². The van der Waals surface area contributed by atoms with E-state index in [0.29, 0.717) is 17.7 Å². The van der Waals surface area contributed by atoms with Gasteiger partial charge in [0.15, 0.2) is 5.65 Å². The van der Waals surface area contributed by atoms with Gasteiger partial charge in [-0.3, -0.25) is 4.98 Å². The van der Waals surface area contributed by atoms with E-state index in [9.17, 15) is 4.79 Å². The van der Waals surface area contributed by atoms with E-state index in [1.165, 1.54) is 0 Å². The molecule has 0 unspecified atom stereocenters. The number of nitrogens with two attached hydrogens (primary N) is 1. The molecule has 62 valence electrons. The first-order chi connectivity index (χ1) is 5.81. The number of imidazole rings is 1. The summed E-state index contributed by atoms with van der Waals surface area (Å²) in [5.41, 5.74) is 7.35. The predicted octanol–water partition coefficient (Wildman–Crippen LogP) is -0.290. The summed E-state index contributed by atoms with van der Waals surface area (Å²) < 4.78 is 0. The maximum Gasteiger partial charge on any atom is 0.325 e. The zero-order valence-corrected chi connectivity index (χ0v) is 6.29. The van der Waals surface area contributed by atoms with E-state index in [1.807, 2.05) is 0 Å². The Labute approximate surface area is 67.6 Å². The molecule has 2 heterocycles. The van der Waals surface area contributed by atoms with Crippen LogP contribution in [0.15, 0.2) is 17.1 Å². The average molecular weight is 164 g/mol. The van der Waals surface area contributed by atoms with E-state index in [1.54, 1.807) is 12.3 Å². The molecule has 0 radical (unpaired) electrons. The molecule has 12 heavy (non-hydrogen) atoms. The van der Waals surface area contributed by atoms with Crippen LogP contribution in [0, 0.1) is 0 Å². The molecule has 0 aliphatic carbocycles. The smallest absolute Gasteiger partial charge is 0.325 e. The monoisotopic (exact) mass is 164 g/mol. The van der Waals surface area contributed by atoms with E-state index in [2.05, 4.69) is 15.0 Å². The second-order valence-electron chi connectivity index (χ2n) is 2.48. The highest BCUT2D eigenvalue weighted by Crippen LogP contribution is 2.08. The Morgan fingerprint density at radius 3 is 3.08 bits per heavy atom. The fourth-order valence-electron chi connectivity index (χ4n) is 1.16. The second-order valence-corrected chi connectivity index (χ2v) is 2.48. The fraction of sp³-hybridized carbons (Fsp3) is 0.143. The van der Waals surface area contributed by atoms with Crippen LogP contribution >= 0.6 is 0 Å². The van der Waals surface area contributed by atoms with E-state index in [-0.39, 0.29) is 5.69 Å². The molecule has 0 amide bonds. The third kappa shape index (κ3) is 0.911. The van der Waals surface area contributed by atoms with E-state index >= 15 is 0 Å². The van der Waals surface area contributed by atoms with E-state index in [0.717, 1.165) is 5.56 Å². The second kappa shape index (κ2) is 2.46. The summed E-state index contributed by atoms with van der Waals surface area (Å²) >= 11 is 0. The van der Waals surface area contributed by atoms with Crippen LogP contribution in [0.1, 0.15) is 5.56 Å². The lowest BCUT2D eigenvalue weighted by Gasteiger charge is -1.95. The van der Waals surface area contributed by atoms with Gasteiger partial charge < -0.3 is 10.7 Å². The summed E-state index contributed by atoms with van der Waals surface area (Å²) in [7, 11) is 0. The molecule has 0 aromatic carbocycles. The zero-order valence-electron chi connectivity index (χ0n) is 6.29. The van der Waals surface area contributed by atoms with Crippen molar-refractivity contribution in [1.29, 1.82) is 0 Å². The first kappa shape index (κ1) is 7.05. The quantitative estimate of drug-likeness (QED) is 0.541. The van der Waals surface area contributed by atoms with Crippen molar-refractivity contribution in [3.8, 4) is 0 Å². The molecule has 5 heteroatoms. The van der Waals surface area contributed by atoms with Crippen molar-refractivity contribution in [2.45, 2.75) is 6.54 Å². The van der Waals surface area contributed by atoms with Crippen molar-refractivity contribution in [1.82, 2.24) is 15.0 Å². The highest BCUT2D eigenvalue weighted by atomic mass is 16.1. The van der Waals surface area contributed by atoms with Crippen LogP contribution in [0.2, 0.25) is 0 Å². The molecular weight excluding hydrogens is 156 g/mol. The molecular formula is C7H8N4O. The number of rotatable bonds is 1. The van der Waals surface area contributed by atoms with Gasteiger partial charge in [-0.15, -0.1) is 0 Å². The lowest BCUT2D eigenvalue weighted by atomic mass is 10.2. The minimum absolute atomic E-state index is 0.251. The minimum Gasteiger partial charge on any atom is -0.326 e. The normalized spacial score (nSPS) is 10.8.